The summed E-state index contributed by atoms with van der Waals surface area (Å²) in [4.78, 5) is 2.12. The van der Waals surface area contributed by atoms with Gasteiger partial charge in [0.2, 0.25) is 0 Å². The standard InChI is InChI=1S/C15H17ClN2O2S/c1-11-6-4-5-7-15(11)21(19,20)17-12-8-9-14(18(2)3)13(16)10-12/h4-10,17H,1-3H3. The van der Waals surface area contributed by atoms with Crippen molar-refractivity contribution in [1.82, 2.24) is 0 Å². The summed E-state index contributed by atoms with van der Waals surface area (Å²) in [5, 5.41) is 0.491. The minimum absolute atomic E-state index is 0.262. The van der Waals surface area contributed by atoms with Crippen LogP contribution in [0.25, 0.3) is 0 Å². The van der Waals surface area contributed by atoms with Gasteiger partial charge in [-0.2, -0.15) is 0 Å². The van der Waals surface area contributed by atoms with Crippen molar-refractivity contribution in [2.24, 2.45) is 0 Å². The molecule has 0 atom stereocenters. The highest BCUT2D eigenvalue weighted by molar-refractivity contribution is 7.92. The first-order valence-corrected chi connectivity index (χ1v) is 8.23. The van der Waals surface area contributed by atoms with Crippen LogP contribution in [0.4, 0.5) is 11.4 Å². The molecule has 0 aliphatic carbocycles. The fourth-order valence-electron chi connectivity index (χ4n) is 2.00. The summed E-state index contributed by atoms with van der Waals surface area (Å²) in [6, 6.07) is 11.9. The van der Waals surface area contributed by atoms with Crippen molar-refractivity contribution in [3.8, 4) is 0 Å². The van der Waals surface area contributed by atoms with E-state index in [-0.39, 0.29) is 4.90 Å². The maximum atomic E-state index is 12.4. The van der Waals surface area contributed by atoms with Gasteiger partial charge in [-0.15, -0.1) is 0 Å². The first kappa shape index (κ1) is 15.7. The van der Waals surface area contributed by atoms with E-state index in [1.807, 2.05) is 19.0 Å². The quantitative estimate of drug-likeness (QED) is 0.936. The Kier molecular flexibility index (Phi) is 4.44. The lowest BCUT2D eigenvalue weighted by Crippen LogP contribution is -2.14. The third kappa shape index (κ3) is 3.49. The van der Waals surface area contributed by atoms with E-state index >= 15 is 0 Å². The van der Waals surface area contributed by atoms with E-state index in [0.717, 1.165) is 5.69 Å². The SMILES string of the molecule is Cc1ccccc1S(=O)(=O)Nc1ccc(N(C)C)c(Cl)c1. The molecular formula is C15H17ClN2O2S. The highest BCUT2D eigenvalue weighted by Crippen LogP contribution is 2.28. The predicted molar refractivity (Wildman–Crippen MR) is 87.8 cm³/mol. The topological polar surface area (TPSA) is 49.4 Å². The molecule has 0 radical (unpaired) electrons. The van der Waals surface area contributed by atoms with Gasteiger partial charge in [0.25, 0.3) is 10.0 Å². The predicted octanol–water partition coefficient (Wildman–Crippen LogP) is 3.52. The zero-order valence-electron chi connectivity index (χ0n) is 12.1. The summed E-state index contributed by atoms with van der Waals surface area (Å²) in [5.41, 5.74) is 1.96. The van der Waals surface area contributed by atoms with Crippen molar-refractivity contribution in [2.45, 2.75) is 11.8 Å². The van der Waals surface area contributed by atoms with Gasteiger partial charge in [0, 0.05) is 14.1 Å². The van der Waals surface area contributed by atoms with Crippen molar-refractivity contribution < 1.29 is 8.42 Å². The van der Waals surface area contributed by atoms with Gasteiger partial charge in [0.15, 0.2) is 0 Å². The Hall–Kier alpha value is -1.72. The molecule has 0 saturated heterocycles. The molecule has 0 saturated carbocycles. The lowest BCUT2D eigenvalue weighted by atomic mass is 10.2. The molecule has 0 fully saturated rings. The van der Waals surface area contributed by atoms with Gasteiger partial charge in [-0.3, -0.25) is 4.72 Å². The molecule has 0 heterocycles. The second kappa shape index (κ2) is 5.95. The Morgan fingerprint density at radius 1 is 1.10 bits per heavy atom. The van der Waals surface area contributed by atoms with E-state index in [2.05, 4.69) is 4.72 Å². The van der Waals surface area contributed by atoms with Gasteiger partial charge in [-0.1, -0.05) is 29.8 Å². The number of rotatable bonds is 4. The summed E-state index contributed by atoms with van der Waals surface area (Å²) in [6.45, 7) is 1.76. The monoisotopic (exact) mass is 324 g/mol. The fourth-order valence-corrected chi connectivity index (χ4v) is 3.65. The largest absolute Gasteiger partial charge is 0.376 e. The van der Waals surface area contributed by atoms with Crippen LogP contribution in [0, 0.1) is 6.92 Å². The highest BCUT2D eigenvalue weighted by Gasteiger charge is 2.17. The summed E-state index contributed by atoms with van der Waals surface area (Å²) in [7, 11) is 0.131. The van der Waals surface area contributed by atoms with Crippen LogP contribution in [0.15, 0.2) is 47.4 Å². The summed E-state index contributed by atoms with van der Waals surface area (Å²) < 4.78 is 27.3. The van der Waals surface area contributed by atoms with E-state index in [4.69, 9.17) is 11.6 Å². The number of hydrogen-bond acceptors (Lipinski definition) is 3. The smallest absolute Gasteiger partial charge is 0.262 e. The van der Waals surface area contributed by atoms with Crippen molar-refractivity contribution in [3.63, 3.8) is 0 Å². The van der Waals surface area contributed by atoms with Crippen molar-refractivity contribution >= 4 is 33.0 Å². The molecule has 0 unspecified atom stereocenters. The average Bonchev–Trinajstić information content (AvgIpc) is 2.38. The second-order valence-electron chi connectivity index (χ2n) is 4.93. The Morgan fingerprint density at radius 2 is 1.76 bits per heavy atom. The second-order valence-corrected chi connectivity index (χ2v) is 6.99. The zero-order valence-corrected chi connectivity index (χ0v) is 13.7. The molecule has 21 heavy (non-hydrogen) atoms. The molecule has 2 aromatic carbocycles. The number of sulfonamides is 1. The van der Waals surface area contributed by atoms with Crippen molar-refractivity contribution in [1.29, 1.82) is 0 Å². The van der Waals surface area contributed by atoms with Gasteiger partial charge in [0.1, 0.15) is 0 Å². The number of hydrogen-bond donors (Lipinski definition) is 1. The summed E-state index contributed by atoms with van der Waals surface area (Å²) in [5.74, 6) is 0. The van der Waals surface area contributed by atoms with Crippen LogP contribution in [-0.4, -0.2) is 22.5 Å². The molecule has 1 N–H and O–H groups in total. The van der Waals surface area contributed by atoms with Gasteiger partial charge in [-0.05, 0) is 36.8 Å². The Labute approximate surface area is 130 Å². The highest BCUT2D eigenvalue weighted by atomic mass is 35.5. The number of anilines is 2. The molecule has 6 heteroatoms. The molecule has 112 valence electrons. The first-order chi connectivity index (χ1) is 9.81. The van der Waals surface area contributed by atoms with Crippen LogP contribution < -0.4 is 9.62 Å². The van der Waals surface area contributed by atoms with Crippen LogP contribution in [0.2, 0.25) is 5.02 Å². The molecule has 0 bridgehead atoms. The average molecular weight is 325 g/mol. The van der Waals surface area contributed by atoms with Gasteiger partial charge >= 0.3 is 0 Å². The molecule has 0 spiro atoms. The van der Waals surface area contributed by atoms with Gasteiger partial charge < -0.3 is 4.90 Å². The van der Waals surface area contributed by atoms with E-state index < -0.39 is 10.0 Å². The van der Waals surface area contributed by atoms with Crippen LogP contribution in [-0.2, 0) is 10.0 Å². The molecule has 0 aliphatic heterocycles. The molecule has 2 rings (SSSR count). The number of nitrogens with one attached hydrogen (secondary N) is 1. The summed E-state index contributed by atoms with van der Waals surface area (Å²) in [6.07, 6.45) is 0. The lowest BCUT2D eigenvalue weighted by Gasteiger charge is -2.16. The van der Waals surface area contributed by atoms with Crippen LogP contribution in [0.1, 0.15) is 5.56 Å². The van der Waals surface area contributed by atoms with E-state index in [9.17, 15) is 8.42 Å². The number of aryl methyl sites for hydroxylation is 1. The normalized spacial score (nSPS) is 11.2. The fraction of sp³-hybridized carbons (Fsp3) is 0.200. The van der Waals surface area contributed by atoms with Crippen molar-refractivity contribution in [3.05, 3.63) is 53.1 Å². The maximum Gasteiger partial charge on any atom is 0.262 e. The van der Waals surface area contributed by atoms with Crippen LogP contribution in [0.5, 0.6) is 0 Å². The molecule has 2 aromatic rings. The van der Waals surface area contributed by atoms with Gasteiger partial charge in [0.05, 0.1) is 21.3 Å². The minimum Gasteiger partial charge on any atom is -0.376 e. The molecule has 0 aliphatic rings. The molecule has 4 nitrogen and oxygen atoms in total. The third-order valence-corrected chi connectivity index (χ3v) is 4.91. The van der Waals surface area contributed by atoms with E-state index in [0.29, 0.717) is 16.3 Å². The number of nitrogens with zero attached hydrogens (tertiary/aromatic N) is 1. The minimum atomic E-state index is -3.62. The number of benzene rings is 2. The molecule has 0 amide bonds. The molecule has 0 aromatic heterocycles. The Balaban J connectivity index is 2.34. The third-order valence-electron chi connectivity index (χ3n) is 3.06. The molecular weight excluding hydrogens is 308 g/mol. The maximum absolute atomic E-state index is 12.4. The van der Waals surface area contributed by atoms with Crippen molar-refractivity contribution in [2.75, 3.05) is 23.7 Å². The van der Waals surface area contributed by atoms with E-state index in [1.165, 1.54) is 0 Å². The van der Waals surface area contributed by atoms with Crippen LogP contribution in [0.3, 0.4) is 0 Å². The first-order valence-electron chi connectivity index (χ1n) is 6.36. The van der Waals surface area contributed by atoms with Crippen LogP contribution >= 0.6 is 11.6 Å². The van der Waals surface area contributed by atoms with Gasteiger partial charge in [-0.25, -0.2) is 8.42 Å². The zero-order chi connectivity index (χ0) is 15.6. The van der Waals surface area contributed by atoms with E-state index in [1.54, 1.807) is 49.4 Å². The summed E-state index contributed by atoms with van der Waals surface area (Å²) >= 11 is 6.15. The number of halogens is 1. The Morgan fingerprint density at radius 3 is 2.33 bits per heavy atom. The lowest BCUT2D eigenvalue weighted by molar-refractivity contribution is 0.600. The Bertz CT molecular complexity index is 758.